The van der Waals surface area contributed by atoms with Crippen molar-refractivity contribution >= 4 is 5.91 Å². The van der Waals surface area contributed by atoms with Crippen LogP contribution in [0, 0.1) is 11.8 Å². The Morgan fingerprint density at radius 3 is 2.50 bits per heavy atom. The molecule has 2 aromatic rings. The molecule has 0 aromatic heterocycles. The molecular formula is C22H23NO3. The maximum atomic E-state index is 13.1. The topological polar surface area (TPSA) is 38.8 Å². The highest BCUT2D eigenvalue weighted by molar-refractivity contribution is 5.96. The maximum Gasteiger partial charge on any atom is 0.253 e. The molecule has 4 atom stereocenters. The third-order valence-corrected chi connectivity index (χ3v) is 6.27. The van der Waals surface area contributed by atoms with E-state index in [0.29, 0.717) is 24.0 Å². The molecule has 0 aliphatic carbocycles. The molecule has 2 aromatic carbocycles. The second kappa shape index (κ2) is 6.13. The van der Waals surface area contributed by atoms with Crippen LogP contribution in [-0.2, 0) is 4.74 Å². The van der Waals surface area contributed by atoms with Crippen molar-refractivity contribution in [3.63, 3.8) is 0 Å². The zero-order valence-corrected chi connectivity index (χ0v) is 14.9. The van der Waals surface area contributed by atoms with E-state index in [9.17, 15) is 4.79 Å². The van der Waals surface area contributed by atoms with Gasteiger partial charge in [-0.3, -0.25) is 4.79 Å². The van der Waals surface area contributed by atoms with Gasteiger partial charge in [-0.2, -0.15) is 0 Å². The van der Waals surface area contributed by atoms with E-state index in [0.717, 1.165) is 48.4 Å². The van der Waals surface area contributed by atoms with Gasteiger partial charge in [0.05, 0.1) is 19.3 Å². The average Bonchev–Trinajstić information content (AvgIpc) is 3.40. The maximum absolute atomic E-state index is 13.1. The highest BCUT2D eigenvalue weighted by Crippen LogP contribution is 2.47. The van der Waals surface area contributed by atoms with Crippen LogP contribution < -0.4 is 4.74 Å². The Bertz CT molecular complexity index is 831. The number of carbonyl (C=O) groups excluding carboxylic acids is 1. The normalized spacial score (nSPS) is 29.0. The summed E-state index contributed by atoms with van der Waals surface area (Å²) in [5.74, 6) is 2.03. The molecule has 3 aliphatic rings. The van der Waals surface area contributed by atoms with E-state index in [1.54, 1.807) is 7.11 Å². The fraction of sp³-hybridized carbons (Fsp3) is 0.409. The molecular weight excluding hydrogens is 326 g/mol. The van der Waals surface area contributed by atoms with Crippen molar-refractivity contribution in [2.24, 2.45) is 11.8 Å². The van der Waals surface area contributed by atoms with Gasteiger partial charge < -0.3 is 14.4 Å². The van der Waals surface area contributed by atoms with E-state index in [1.165, 1.54) is 0 Å². The van der Waals surface area contributed by atoms with Crippen LogP contribution in [0.4, 0.5) is 0 Å². The Kier molecular flexibility index (Phi) is 3.75. The first-order valence-corrected chi connectivity index (χ1v) is 9.43. The van der Waals surface area contributed by atoms with Crippen LogP contribution in [0.25, 0.3) is 11.1 Å². The monoisotopic (exact) mass is 349 g/mol. The van der Waals surface area contributed by atoms with Gasteiger partial charge in [-0.05, 0) is 36.6 Å². The lowest BCUT2D eigenvalue weighted by molar-refractivity contribution is 0.0594. The lowest BCUT2D eigenvalue weighted by Gasteiger charge is -2.19. The Balaban J connectivity index is 1.40. The van der Waals surface area contributed by atoms with Crippen LogP contribution in [0.3, 0.4) is 0 Å². The molecule has 4 nitrogen and oxygen atoms in total. The van der Waals surface area contributed by atoms with Gasteiger partial charge in [0, 0.05) is 36.1 Å². The van der Waals surface area contributed by atoms with Crippen molar-refractivity contribution in [1.82, 2.24) is 4.90 Å². The summed E-state index contributed by atoms with van der Waals surface area (Å²) < 4.78 is 11.5. The first-order valence-electron chi connectivity index (χ1n) is 9.43. The van der Waals surface area contributed by atoms with Gasteiger partial charge in [0.25, 0.3) is 5.91 Å². The second-order valence-electron chi connectivity index (χ2n) is 7.61. The Morgan fingerprint density at radius 2 is 1.77 bits per heavy atom. The van der Waals surface area contributed by atoms with E-state index in [1.807, 2.05) is 53.4 Å². The lowest BCUT2D eigenvalue weighted by atomic mass is 9.82. The summed E-state index contributed by atoms with van der Waals surface area (Å²) in [4.78, 5) is 15.1. The molecule has 0 unspecified atom stereocenters. The molecule has 0 spiro atoms. The molecule has 3 saturated heterocycles. The van der Waals surface area contributed by atoms with Gasteiger partial charge in [-0.15, -0.1) is 0 Å². The van der Waals surface area contributed by atoms with Crippen LogP contribution in [-0.4, -0.2) is 43.2 Å². The molecule has 2 bridgehead atoms. The van der Waals surface area contributed by atoms with Crippen molar-refractivity contribution in [3.8, 4) is 16.9 Å². The fourth-order valence-corrected chi connectivity index (χ4v) is 5.01. The number of likely N-dealkylation sites (tertiary alicyclic amines) is 1. The molecule has 26 heavy (non-hydrogen) atoms. The number of amides is 1. The van der Waals surface area contributed by atoms with Gasteiger partial charge in [0.15, 0.2) is 0 Å². The van der Waals surface area contributed by atoms with Crippen molar-refractivity contribution in [2.45, 2.75) is 25.0 Å². The number of ether oxygens (including phenoxy) is 2. The van der Waals surface area contributed by atoms with E-state index in [2.05, 4.69) is 0 Å². The summed E-state index contributed by atoms with van der Waals surface area (Å²) in [5, 5.41) is 0. The molecule has 4 heteroatoms. The molecule has 0 radical (unpaired) electrons. The first kappa shape index (κ1) is 15.9. The van der Waals surface area contributed by atoms with E-state index in [4.69, 9.17) is 9.47 Å². The quantitative estimate of drug-likeness (QED) is 0.850. The van der Waals surface area contributed by atoms with E-state index >= 15 is 0 Å². The molecule has 3 heterocycles. The van der Waals surface area contributed by atoms with Crippen LogP contribution in [0.2, 0.25) is 0 Å². The van der Waals surface area contributed by atoms with Crippen LogP contribution >= 0.6 is 0 Å². The van der Waals surface area contributed by atoms with Gasteiger partial charge in [0.1, 0.15) is 5.75 Å². The molecule has 1 amide bonds. The molecule has 134 valence electrons. The van der Waals surface area contributed by atoms with Gasteiger partial charge in [-0.1, -0.05) is 30.3 Å². The zero-order chi connectivity index (χ0) is 17.7. The second-order valence-corrected chi connectivity index (χ2v) is 7.61. The zero-order valence-electron chi connectivity index (χ0n) is 14.9. The number of hydrogen-bond donors (Lipinski definition) is 0. The van der Waals surface area contributed by atoms with E-state index < -0.39 is 0 Å². The molecule has 0 N–H and O–H groups in total. The Labute approximate surface area is 153 Å². The van der Waals surface area contributed by atoms with Crippen LogP contribution in [0.1, 0.15) is 23.2 Å². The number of benzene rings is 2. The number of nitrogens with zero attached hydrogens (tertiary/aromatic N) is 1. The van der Waals surface area contributed by atoms with Crippen molar-refractivity contribution in [2.75, 3.05) is 20.2 Å². The molecule has 5 rings (SSSR count). The van der Waals surface area contributed by atoms with Crippen LogP contribution in [0.15, 0.2) is 48.5 Å². The highest BCUT2D eigenvalue weighted by atomic mass is 16.5. The molecule has 3 fully saturated rings. The SMILES string of the molecule is COc1ccccc1-c1cccc(C(=O)N2C[C@@H]3[C@H](C2)[C@H]2CC[C@@H]3O2)c1. The van der Waals surface area contributed by atoms with Crippen molar-refractivity contribution in [1.29, 1.82) is 0 Å². The summed E-state index contributed by atoms with van der Waals surface area (Å²) in [6, 6.07) is 15.8. The number of methoxy groups -OCH3 is 1. The summed E-state index contributed by atoms with van der Waals surface area (Å²) in [6.07, 6.45) is 3.08. The summed E-state index contributed by atoms with van der Waals surface area (Å²) >= 11 is 0. The third kappa shape index (κ3) is 2.43. The van der Waals surface area contributed by atoms with Crippen LogP contribution in [0.5, 0.6) is 5.75 Å². The fourth-order valence-electron chi connectivity index (χ4n) is 5.01. The predicted molar refractivity (Wildman–Crippen MR) is 99.2 cm³/mol. The smallest absolute Gasteiger partial charge is 0.253 e. The summed E-state index contributed by atoms with van der Waals surface area (Å²) in [6.45, 7) is 1.67. The van der Waals surface area contributed by atoms with Gasteiger partial charge in [-0.25, -0.2) is 0 Å². The van der Waals surface area contributed by atoms with Crippen molar-refractivity contribution in [3.05, 3.63) is 54.1 Å². The molecule has 0 saturated carbocycles. The Hall–Kier alpha value is -2.33. The largest absolute Gasteiger partial charge is 0.496 e. The highest BCUT2D eigenvalue weighted by Gasteiger charge is 2.53. The van der Waals surface area contributed by atoms with Gasteiger partial charge >= 0.3 is 0 Å². The number of carbonyl (C=O) groups is 1. The minimum absolute atomic E-state index is 0.135. The minimum atomic E-state index is 0.135. The lowest BCUT2D eigenvalue weighted by Crippen LogP contribution is -2.31. The number of hydrogen-bond acceptors (Lipinski definition) is 3. The number of para-hydroxylation sites is 1. The number of rotatable bonds is 3. The summed E-state index contributed by atoms with van der Waals surface area (Å²) in [5.41, 5.74) is 2.77. The van der Waals surface area contributed by atoms with Gasteiger partial charge in [0.2, 0.25) is 0 Å². The van der Waals surface area contributed by atoms with Crippen molar-refractivity contribution < 1.29 is 14.3 Å². The number of fused-ring (bicyclic) bond motifs is 5. The molecule has 3 aliphatic heterocycles. The first-order chi connectivity index (χ1) is 12.7. The minimum Gasteiger partial charge on any atom is -0.496 e. The predicted octanol–water partition coefficient (Wildman–Crippen LogP) is 3.61. The summed E-state index contributed by atoms with van der Waals surface area (Å²) in [7, 11) is 1.67. The van der Waals surface area contributed by atoms with E-state index in [-0.39, 0.29) is 5.91 Å². The standard InChI is InChI=1S/C22H23NO3/c1-25-19-8-3-2-7-16(19)14-5-4-6-15(11-14)22(24)23-12-17-18(13-23)21-10-9-20(17)26-21/h2-8,11,17-18,20-21H,9-10,12-13H2,1H3/t17-,18+,20+,21-. The Morgan fingerprint density at radius 1 is 1.04 bits per heavy atom. The average molecular weight is 349 g/mol. The third-order valence-electron chi connectivity index (χ3n) is 6.27.